The average Bonchev–Trinajstić information content (AvgIpc) is 3.62. The van der Waals surface area contributed by atoms with Crippen LogP contribution in [0, 0.1) is 5.92 Å². The van der Waals surface area contributed by atoms with Crippen LogP contribution in [0.3, 0.4) is 0 Å². The molecule has 2 bridgehead atoms. The summed E-state index contributed by atoms with van der Waals surface area (Å²) in [5.41, 5.74) is 15.2. The number of carbonyl (C=O) groups excluding carboxylic acids is 3. The number of hydrogen-bond acceptors (Lipinski definition) is 9. The predicted molar refractivity (Wildman–Crippen MR) is 458 cm³/mol. The number of quaternary nitrogens is 1. The second kappa shape index (κ2) is 96.2. The lowest BCUT2D eigenvalue weighted by atomic mass is 9.70. The van der Waals surface area contributed by atoms with Crippen molar-refractivity contribution in [2.24, 2.45) is 5.92 Å². The third-order valence-corrected chi connectivity index (χ3v) is 10.3. The second-order valence-corrected chi connectivity index (χ2v) is 15.3. The molecule has 5 aromatic rings. The molecular formula is C78H193ClF6N7O7+. The Labute approximate surface area is 628 Å². The van der Waals surface area contributed by atoms with E-state index >= 15 is 0 Å². The van der Waals surface area contributed by atoms with Crippen LogP contribution in [0.5, 0.6) is 0 Å². The number of allylic oxidation sites excluding steroid dienone is 2. The summed E-state index contributed by atoms with van der Waals surface area (Å²) in [4.78, 5) is 47.3. The molecule has 2 unspecified atom stereocenters. The Balaban J connectivity index is -0.0000000234. The molecule has 0 aliphatic heterocycles. The molecule has 0 saturated carbocycles. The van der Waals surface area contributed by atoms with Crippen molar-refractivity contribution >= 4 is 62.7 Å². The number of carboxylic acid groups (broad SMARTS) is 2. The van der Waals surface area contributed by atoms with Gasteiger partial charge in [0.05, 0.1) is 38.1 Å². The molecule has 2 aromatic carbocycles. The van der Waals surface area contributed by atoms with Crippen molar-refractivity contribution in [2.45, 2.75) is 359 Å². The molecule has 1 amide bonds. The lowest BCUT2D eigenvalue weighted by molar-refractivity contribution is -0.786. The van der Waals surface area contributed by atoms with Gasteiger partial charge in [-0.2, -0.15) is 31.0 Å². The van der Waals surface area contributed by atoms with E-state index in [2.05, 4.69) is 26.7 Å². The quantitative estimate of drug-likeness (QED) is 0.0343. The summed E-state index contributed by atoms with van der Waals surface area (Å²) in [6.07, 6.45) is 0.529. The maximum Gasteiger partial charge on any atom is 0.430 e. The van der Waals surface area contributed by atoms with Crippen molar-refractivity contribution in [1.29, 1.82) is 0 Å². The van der Waals surface area contributed by atoms with Crippen molar-refractivity contribution in [3.63, 3.8) is 0 Å². The highest BCUT2D eigenvalue weighted by atomic mass is 35.5. The number of fused-ring (bicyclic) bond motifs is 6. The van der Waals surface area contributed by atoms with E-state index in [-0.39, 0.29) is 295 Å². The topological polar surface area (TPSA) is 217 Å². The highest BCUT2D eigenvalue weighted by Crippen LogP contribution is 2.46. The number of alkyl halides is 6. The number of carboxylic acids is 2. The zero-order valence-electron chi connectivity index (χ0n) is 32.7. The van der Waals surface area contributed by atoms with Gasteiger partial charge in [-0.3, -0.25) is 4.79 Å². The Kier molecular flexibility index (Phi) is 220. The number of aromatic nitrogens is 4. The minimum Gasteiger partial charge on any atom is -0.542 e. The van der Waals surface area contributed by atoms with Gasteiger partial charge in [-0.1, -0.05) is 311 Å². The zero-order chi connectivity index (χ0) is 44.8. The van der Waals surface area contributed by atoms with E-state index in [1.54, 1.807) is 0 Å². The average molecular weight is 1490 g/mol. The number of hydrogen-bond donors (Lipinski definition) is 4. The molecule has 2 aliphatic rings. The molecule has 0 radical (unpaired) electrons. The number of benzene rings is 2. The Bertz CT molecular complexity index is 2510. The lowest BCUT2D eigenvalue weighted by Crippen LogP contribution is -3.00. The van der Waals surface area contributed by atoms with Gasteiger partial charge >= 0.3 is 18.0 Å². The fraction of sp³-hybridized carbons (Fsp3) is 0.679. The van der Waals surface area contributed by atoms with Crippen LogP contribution in [0.25, 0.3) is 21.9 Å². The second-order valence-electron chi connectivity index (χ2n) is 14.9. The summed E-state index contributed by atoms with van der Waals surface area (Å²) in [5, 5.41) is 30.5. The van der Waals surface area contributed by atoms with Gasteiger partial charge in [0.1, 0.15) is 29.8 Å². The standard InChI is InChI=1S/C36H38ClN7O3.2C2HF3O2.38CH4/c1-43(2)27-7-9-28-23(16-34(46)47-32(28)18-27)15-33(45)39-19-26-20-44(42-41-26)10-4-3-5-21-11-22-13-24(12-21)35-31(14-22)40-30-17-25(37)6-8-29(30)36(35)38;2*3-2(4,5)1(6)7;;;;;;;;;;;;;;;;;;;;;;;;;;;;;;;;;;;;;;/h6-9,11,16-18,20,22,24H,3-5,10,12-15,19H2,1-2H3,(H3,38,39,40,45);2*(H,6,7);38*1H4/p+1. The van der Waals surface area contributed by atoms with Crippen molar-refractivity contribution in [3.05, 3.63) is 98.3 Å². The van der Waals surface area contributed by atoms with Gasteiger partial charge in [-0.15, -0.1) is 0 Å². The van der Waals surface area contributed by atoms with Gasteiger partial charge in [0.2, 0.25) is 17.1 Å². The van der Waals surface area contributed by atoms with Gasteiger partial charge < -0.3 is 40.2 Å². The highest BCUT2D eigenvalue weighted by Gasteiger charge is 2.36. The molecule has 0 saturated heterocycles. The summed E-state index contributed by atoms with van der Waals surface area (Å²) in [7, 11) is 4.01. The van der Waals surface area contributed by atoms with Crippen molar-refractivity contribution in [1.82, 2.24) is 15.6 Å². The first-order chi connectivity index (χ1) is 28.6. The Hall–Kier alpha value is -6.02. The van der Waals surface area contributed by atoms with E-state index < -0.39 is 29.9 Å². The van der Waals surface area contributed by atoms with E-state index in [0.717, 1.165) is 83.3 Å². The number of unbranched alkanes of at least 4 members (excludes halogenated alkanes) is 1. The zero-order valence-corrected chi connectivity index (χ0v) is 33.4. The maximum atomic E-state index is 12.8. The normalized spacial score (nSPS) is 9.78. The van der Waals surface area contributed by atoms with Crippen molar-refractivity contribution < 1.29 is 69.9 Å². The first kappa shape index (κ1) is 226. The van der Waals surface area contributed by atoms with Crippen molar-refractivity contribution in [2.75, 3.05) is 19.8 Å². The van der Waals surface area contributed by atoms with Gasteiger partial charge in [-0.05, 0) is 73.8 Å². The number of H-pyrrole nitrogens is 2. The maximum absolute atomic E-state index is 12.8. The number of aromatic amines is 2. The molecule has 0 fully saturated rings. The molecule has 21 heteroatoms. The molecule has 14 nitrogen and oxygen atoms in total. The number of rotatable bonds is 10. The number of nitrogens with zero attached hydrogens (tertiary/aromatic N) is 2. The summed E-state index contributed by atoms with van der Waals surface area (Å²) in [6, 6.07) is 13.0. The van der Waals surface area contributed by atoms with E-state index in [1.165, 1.54) is 22.9 Å². The smallest absolute Gasteiger partial charge is 0.430 e. The first-order valence-electron chi connectivity index (χ1n) is 18.9. The van der Waals surface area contributed by atoms with E-state index in [9.17, 15) is 35.9 Å². The molecule has 99 heavy (non-hydrogen) atoms. The Morgan fingerprint density at radius 2 is 1.05 bits per heavy atom. The van der Waals surface area contributed by atoms with E-state index in [1.807, 2.05) is 61.4 Å². The lowest BCUT2D eigenvalue weighted by Gasteiger charge is -2.34. The highest BCUT2D eigenvalue weighted by molar-refractivity contribution is 6.31. The molecule has 3 aromatic heterocycles. The van der Waals surface area contributed by atoms with Crippen LogP contribution in [0.2, 0.25) is 5.02 Å². The molecule has 0 spiro atoms. The third kappa shape index (κ3) is 62.7. The van der Waals surface area contributed by atoms with Crippen LogP contribution in [-0.2, 0) is 40.3 Å². The van der Waals surface area contributed by atoms with Crippen LogP contribution >= 0.6 is 11.6 Å². The summed E-state index contributed by atoms with van der Waals surface area (Å²) >= 11 is 6.25. The molecule has 3 heterocycles. The Morgan fingerprint density at radius 1 is 0.636 bits per heavy atom. The molecule has 6 N–H and O–H groups in total. The SMILES string of the molecule is C.C.C.C.C.C.C.C.C.C.C.C.C.C.C.C.C.C.C.C.C.C.C.C.C.C.C.C.C.C.C.C.C.C.C.C.C.C.C[NH+](C)c1ccc2c(CC(=O)NCc3c[n+](CCCCC4=CC5Cc6[nH+]c7cc(Cl)ccc7c(N)c6C(C4)C5)[nH]n3)cc(=O)oc2c1.O=C([O-])C(F)(F)F.O=C([O-])C(F)(F)F. The van der Waals surface area contributed by atoms with E-state index in [0.29, 0.717) is 34.5 Å². The molecule has 7 rings (SSSR count). The van der Waals surface area contributed by atoms with Crippen LogP contribution in [-0.4, -0.2) is 54.6 Å². The van der Waals surface area contributed by atoms with Gasteiger partial charge in [0.15, 0.2) is 11.9 Å². The number of halogens is 7. The number of carbonyl (C=O) groups is 3. The van der Waals surface area contributed by atoms with Crippen LogP contribution < -0.4 is 41.5 Å². The number of nitrogen functional groups attached to an aromatic ring is 1. The fourth-order valence-corrected chi connectivity index (χ4v) is 7.55. The molecular weight excluding hydrogens is 1300 g/mol. The van der Waals surface area contributed by atoms with Crippen LogP contribution in [0.15, 0.2) is 69.5 Å². The fourth-order valence-electron chi connectivity index (χ4n) is 7.38. The molecule has 2 atom stereocenters. The summed E-state index contributed by atoms with van der Waals surface area (Å²) in [6.45, 7) is 1.12. The number of aryl methyl sites for hydroxylation is 1. The van der Waals surface area contributed by atoms with Gasteiger partial charge in [0, 0.05) is 45.7 Å². The molecule has 630 valence electrons. The van der Waals surface area contributed by atoms with Crippen LogP contribution in [0.4, 0.5) is 37.7 Å². The first-order valence-corrected chi connectivity index (χ1v) is 19.2. The minimum absolute atomic E-state index is 0. The third-order valence-electron chi connectivity index (χ3n) is 10.1. The monoisotopic (exact) mass is 1490 g/mol. The van der Waals surface area contributed by atoms with E-state index in [4.69, 9.17) is 41.6 Å². The van der Waals surface area contributed by atoms with Crippen molar-refractivity contribution in [3.8, 4) is 0 Å². The van der Waals surface area contributed by atoms with Gasteiger partial charge in [0.25, 0.3) is 0 Å². The number of pyridine rings is 1. The van der Waals surface area contributed by atoms with Gasteiger partial charge in [-0.25, -0.2) is 9.78 Å². The number of anilines is 1. The number of aliphatic carboxylic acids is 2. The number of nitrogens with one attached hydrogen (secondary N) is 4. The number of nitrogens with two attached hydrogens (primary N) is 1. The summed E-state index contributed by atoms with van der Waals surface area (Å²) < 4.78 is 70.5. The predicted octanol–water partition coefficient (Wildman–Crippen LogP) is 26.3. The Morgan fingerprint density at radius 3 is 1.45 bits per heavy atom. The summed E-state index contributed by atoms with van der Waals surface area (Å²) in [5.74, 6) is -5.20. The molecule has 2 aliphatic carbocycles. The largest absolute Gasteiger partial charge is 0.542 e. The van der Waals surface area contributed by atoms with Crippen LogP contribution in [0.1, 0.15) is 343 Å². The minimum atomic E-state index is -5.19. The number of amides is 1.